The Kier molecular flexibility index (Phi) is 5.38. The van der Waals surface area contributed by atoms with Crippen LogP contribution in [0.25, 0.3) is 0 Å². The first-order valence-corrected chi connectivity index (χ1v) is 7.45. The van der Waals surface area contributed by atoms with E-state index in [1.807, 2.05) is 30.5 Å². The van der Waals surface area contributed by atoms with Gasteiger partial charge in [-0.1, -0.05) is 11.8 Å². The average Bonchev–Trinajstić information content (AvgIpc) is 2.54. The second-order valence-electron chi connectivity index (χ2n) is 4.10. The van der Waals surface area contributed by atoms with Crippen LogP contribution in [-0.4, -0.2) is 28.9 Å². The van der Waals surface area contributed by atoms with Gasteiger partial charge in [0.15, 0.2) is 0 Å². The van der Waals surface area contributed by atoms with Crippen LogP contribution < -0.4 is 5.32 Å². The topological polar surface area (TPSA) is 62.2 Å². The molecular formula is C16H14N2O2S. The fraction of sp³-hybridized carbons (Fsp3) is 0.125. The summed E-state index contributed by atoms with van der Waals surface area (Å²) in [6.07, 6.45) is 5.03. The van der Waals surface area contributed by atoms with Crippen molar-refractivity contribution in [3.8, 4) is 11.8 Å². The maximum Gasteiger partial charge on any atom is 0.257 e. The van der Waals surface area contributed by atoms with E-state index in [1.165, 1.54) is 6.20 Å². The number of aliphatic hydroxyl groups is 1. The molecule has 2 aromatic rings. The molecule has 0 unspecified atom stereocenters. The van der Waals surface area contributed by atoms with Gasteiger partial charge in [-0.25, -0.2) is 0 Å². The summed E-state index contributed by atoms with van der Waals surface area (Å²) in [5.74, 6) is 5.00. The lowest BCUT2D eigenvalue weighted by Gasteiger charge is -2.06. The number of pyridine rings is 1. The number of amides is 1. The molecule has 0 fully saturated rings. The number of thioether (sulfide) groups is 1. The van der Waals surface area contributed by atoms with Gasteiger partial charge >= 0.3 is 0 Å². The van der Waals surface area contributed by atoms with Gasteiger partial charge in [-0.2, -0.15) is 0 Å². The summed E-state index contributed by atoms with van der Waals surface area (Å²) >= 11 is 1.64. The number of aromatic nitrogens is 1. The van der Waals surface area contributed by atoms with Crippen molar-refractivity contribution in [1.29, 1.82) is 0 Å². The molecule has 0 aliphatic carbocycles. The number of hydrogen-bond acceptors (Lipinski definition) is 4. The Morgan fingerprint density at radius 1 is 1.33 bits per heavy atom. The first-order valence-electron chi connectivity index (χ1n) is 6.23. The van der Waals surface area contributed by atoms with Crippen molar-refractivity contribution in [3.63, 3.8) is 0 Å². The minimum absolute atomic E-state index is 0.224. The highest BCUT2D eigenvalue weighted by atomic mass is 32.2. The number of carbonyl (C=O) groups is 1. The van der Waals surface area contributed by atoms with E-state index in [-0.39, 0.29) is 12.5 Å². The van der Waals surface area contributed by atoms with Crippen LogP contribution in [0.4, 0.5) is 5.69 Å². The summed E-state index contributed by atoms with van der Waals surface area (Å²) in [5.41, 5.74) is 1.74. The number of carbonyl (C=O) groups excluding carboxylic acids is 1. The molecule has 1 aromatic heterocycles. The number of aliphatic hydroxyl groups excluding tert-OH is 1. The van der Waals surface area contributed by atoms with Gasteiger partial charge in [0, 0.05) is 28.5 Å². The third-order valence-electron chi connectivity index (χ3n) is 2.66. The Morgan fingerprint density at radius 2 is 2.10 bits per heavy atom. The Labute approximate surface area is 127 Å². The monoisotopic (exact) mass is 298 g/mol. The summed E-state index contributed by atoms with van der Waals surface area (Å²) in [4.78, 5) is 17.3. The second kappa shape index (κ2) is 7.48. The molecule has 0 saturated carbocycles. The van der Waals surface area contributed by atoms with E-state index in [4.69, 9.17) is 5.11 Å². The molecule has 0 aliphatic heterocycles. The van der Waals surface area contributed by atoms with E-state index < -0.39 is 0 Å². The van der Waals surface area contributed by atoms with Crippen LogP contribution in [0.3, 0.4) is 0 Å². The molecule has 5 heteroatoms. The van der Waals surface area contributed by atoms with Crippen molar-refractivity contribution >= 4 is 23.4 Å². The van der Waals surface area contributed by atoms with Crippen LogP contribution in [0.2, 0.25) is 0 Å². The predicted molar refractivity (Wildman–Crippen MR) is 84.4 cm³/mol. The van der Waals surface area contributed by atoms with Crippen LogP contribution in [0.15, 0.2) is 47.6 Å². The fourth-order valence-electron chi connectivity index (χ4n) is 1.65. The fourth-order valence-corrected chi connectivity index (χ4v) is 2.06. The van der Waals surface area contributed by atoms with Crippen LogP contribution in [-0.2, 0) is 0 Å². The summed E-state index contributed by atoms with van der Waals surface area (Å²) in [7, 11) is 0. The molecule has 0 aliphatic rings. The highest BCUT2D eigenvalue weighted by molar-refractivity contribution is 7.98. The highest BCUT2D eigenvalue weighted by Crippen LogP contribution is 2.18. The van der Waals surface area contributed by atoms with Gasteiger partial charge < -0.3 is 10.4 Å². The Bertz CT molecular complexity index is 687. The minimum Gasteiger partial charge on any atom is -0.384 e. The Hall–Kier alpha value is -2.29. The molecule has 0 atom stereocenters. The second-order valence-corrected chi connectivity index (χ2v) is 4.98. The van der Waals surface area contributed by atoms with Gasteiger partial charge in [-0.3, -0.25) is 9.78 Å². The van der Waals surface area contributed by atoms with Crippen molar-refractivity contribution in [1.82, 2.24) is 4.98 Å². The van der Waals surface area contributed by atoms with E-state index >= 15 is 0 Å². The number of nitrogens with one attached hydrogen (secondary N) is 1. The van der Waals surface area contributed by atoms with Crippen LogP contribution >= 0.6 is 11.8 Å². The third kappa shape index (κ3) is 4.35. The summed E-state index contributed by atoms with van der Waals surface area (Å²) in [6.45, 7) is -0.224. The molecular weight excluding hydrogens is 284 g/mol. The van der Waals surface area contributed by atoms with Crippen molar-refractivity contribution in [3.05, 3.63) is 53.9 Å². The van der Waals surface area contributed by atoms with Crippen molar-refractivity contribution < 1.29 is 9.90 Å². The number of benzene rings is 1. The van der Waals surface area contributed by atoms with Crippen molar-refractivity contribution in [2.24, 2.45) is 0 Å². The van der Waals surface area contributed by atoms with Crippen LogP contribution in [0, 0.1) is 11.8 Å². The molecule has 1 heterocycles. The van der Waals surface area contributed by atoms with Gasteiger partial charge in [-0.15, -0.1) is 11.8 Å². The van der Waals surface area contributed by atoms with Gasteiger partial charge in [0.05, 0.1) is 5.56 Å². The zero-order valence-electron chi connectivity index (χ0n) is 11.5. The standard InChI is InChI=1S/C16H14N2O2S/c1-21-15-6-4-14(5-7-15)18-16(20)13-9-12(3-2-8-19)10-17-11-13/h4-7,9-11,19H,8H2,1H3,(H,18,20). The lowest BCUT2D eigenvalue weighted by atomic mass is 10.2. The first-order chi connectivity index (χ1) is 10.2. The number of hydrogen-bond donors (Lipinski definition) is 2. The van der Waals surface area contributed by atoms with Crippen LogP contribution in [0.5, 0.6) is 0 Å². The largest absolute Gasteiger partial charge is 0.384 e. The van der Waals surface area contributed by atoms with Gasteiger partial charge in [-0.05, 0) is 36.6 Å². The quantitative estimate of drug-likeness (QED) is 0.675. The summed E-state index contributed by atoms with van der Waals surface area (Å²) in [5, 5.41) is 11.5. The maximum absolute atomic E-state index is 12.1. The molecule has 1 aromatic carbocycles. The Balaban J connectivity index is 2.12. The van der Waals surface area contributed by atoms with Gasteiger partial charge in [0.1, 0.15) is 6.61 Å². The zero-order valence-corrected chi connectivity index (χ0v) is 12.3. The zero-order chi connectivity index (χ0) is 15.1. The summed E-state index contributed by atoms with van der Waals surface area (Å²) in [6, 6.07) is 9.24. The van der Waals surface area contributed by atoms with Crippen LogP contribution in [0.1, 0.15) is 15.9 Å². The van der Waals surface area contributed by atoms with E-state index in [1.54, 1.807) is 24.0 Å². The van der Waals surface area contributed by atoms with Crippen molar-refractivity contribution in [2.45, 2.75) is 4.90 Å². The third-order valence-corrected chi connectivity index (χ3v) is 3.40. The van der Waals surface area contributed by atoms with Crippen molar-refractivity contribution in [2.75, 3.05) is 18.2 Å². The lowest BCUT2D eigenvalue weighted by molar-refractivity contribution is 0.102. The predicted octanol–water partition coefficient (Wildman–Crippen LogP) is 2.40. The molecule has 0 bridgehead atoms. The molecule has 0 radical (unpaired) electrons. The summed E-state index contributed by atoms with van der Waals surface area (Å²) < 4.78 is 0. The molecule has 4 nitrogen and oxygen atoms in total. The van der Waals surface area contributed by atoms with E-state index in [2.05, 4.69) is 22.1 Å². The Morgan fingerprint density at radius 3 is 2.76 bits per heavy atom. The molecule has 21 heavy (non-hydrogen) atoms. The molecule has 1 amide bonds. The number of nitrogens with zero attached hydrogens (tertiary/aromatic N) is 1. The minimum atomic E-state index is -0.243. The molecule has 0 saturated heterocycles. The lowest BCUT2D eigenvalue weighted by Crippen LogP contribution is -2.12. The molecule has 0 spiro atoms. The molecule has 2 N–H and O–H groups in total. The number of anilines is 1. The average molecular weight is 298 g/mol. The molecule has 2 rings (SSSR count). The van der Waals surface area contributed by atoms with Gasteiger partial charge in [0.2, 0.25) is 0 Å². The highest BCUT2D eigenvalue weighted by Gasteiger charge is 2.07. The normalized spacial score (nSPS) is 9.62. The number of rotatable bonds is 3. The SMILES string of the molecule is CSc1ccc(NC(=O)c2cncc(C#CCO)c2)cc1. The van der Waals surface area contributed by atoms with E-state index in [0.717, 1.165) is 10.6 Å². The first kappa shape index (κ1) is 15.1. The van der Waals surface area contributed by atoms with E-state index in [0.29, 0.717) is 11.1 Å². The maximum atomic E-state index is 12.1. The molecule has 106 valence electrons. The smallest absolute Gasteiger partial charge is 0.257 e. The van der Waals surface area contributed by atoms with E-state index in [9.17, 15) is 4.79 Å². The van der Waals surface area contributed by atoms with Gasteiger partial charge in [0.25, 0.3) is 5.91 Å².